The molecule has 0 heterocycles. The fourth-order valence-electron chi connectivity index (χ4n) is 1.77. The molecule has 0 radical (unpaired) electrons. The minimum atomic E-state index is 0.158. The van der Waals surface area contributed by atoms with Crippen LogP contribution < -0.4 is 11.2 Å². The second kappa shape index (κ2) is 10.3. The Hall–Kier alpha value is -1.46. The van der Waals surface area contributed by atoms with Crippen LogP contribution in [0, 0.1) is 0 Å². The number of hydrogen-bond donors (Lipinski definition) is 2. The van der Waals surface area contributed by atoms with Crippen LogP contribution in [0.2, 0.25) is 0 Å². The molecule has 0 saturated heterocycles. The molecule has 20 heavy (non-hydrogen) atoms. The standard InChI is InChI=1S/C15H23N3OS/c1-2-3-4-7-10-19-12-14-9-6-5-8-13(14)11-17-18-15(16)20/h5-6,8-9,11H,2-4,7,10,12H2,1H3,(H3,16,18,20). The minimum Gasteiger partial charge on any atom is -0.377 e. The summed E-state index contributed by atoms with van der Waals surface area (Å²) in [6.45, 7) is 3.61. The lowest BCUT2D eigenvalue weighted by Crippen LogP contribution is -2.24. The van der Waals surface area contributed by atoms with E-state index in [4.69, 9.17) is 22.7 Å². The zero-order valence-electron chi connectivity index (χ0n) is 12.0. The Bertz CT molecular complexity index is 435. The molecule has 0 fully saturated rings. The summed E-state index contributed by atoms with van der Waals surface area (Å²) in [4.78, 5) is 0. The highest BCUT2D eigenvalue weighted by Crippen LogP contribution is 2.08. The fourth-order valence-corrected chi connectivity index (χ4v) is 1.82. The van der Waals surface area contributed by atoms with E-state index in [1.807, 2.05) is 24.3 Å². The molecule has 0 aliphatic rings. The van der Waals surface area contributed by atoms with E-state index in [-0.39, 0.29) is 5.11 Å². The van der Waals surface area contributed by atoms with Gasteiger partial charge in [-0.15, -0.1) is 0 Å². The summed E-state index contributed by atoms with van der Waals surface area (Å²) in [5.74, 6) is 0. The molecule has 0 aliphatic heterocycles. The van der Waals surface area contributed by atoms with Crippen LogP contribution in [0.15, 0.2) is 29.4 Å². The summed E-state index contributed by atoms with van der Waals surface area (Å²) in [7, 11) is 0. The highest BCUT2D eigenvalue weighted by atomic mass is 32.1. The number of rotatable bonds is 9. The molecule has 5 heteroatoms. The molecule has 1 aromatic carbocycles. The monoisotopic (exact) mass is 293 g/mol. The molecular formula is C15H23N3OS. The van der Waals surface area contributed by atoms with Crippen molar-refractivity contribution in [3.8, 4) is 0 Å². The van der Waals surface area contributed by atoms with Crippen molar-refractivity contribution in [2.75, 3.05) is 6.61 Å². The lowest BCUT2D eigenvalue weighted by Gasteiger charge is -2.07. The van der Waals surface area contributed by atoms with E-state index in [0.29, 0.717) is 6.61 Å². The minimum absolute atomic E-state index is 0.158. The Morgan fingerprint density at radius 1 is 1.35 bits per heavy atom. The van der Waals surface area contributed by atoms with Gasteiger partial charge in [0.15, 0.2) is 5.11 Å². The van der Waals surface area contributed by atoms with Crippen LogP contribution >= 0.6 is 12.2 Å². The van der Waals surface area contributed by atoms with Crippen molar-refractivity contribution in [1.29, 1.82) is 0 Å². The second-order valence-corrected chi connectivity index (χ2v) is 4.99. The zero-order valence-corrected chi connectivity index (χ0v) is 12.8. The predicted octanol–water partition coefficient (Wildman–Crippen LogP) is 2.95. The van der Waals surface area contributed by atoms with E-state index in [9.17, 15) is 0 Å². The van der Waals surface area contributed by atoms with Crippen LogP contribution in [0.4, 0.5) is 0 Å². The van der Waals surface area contributed by atoms with E-state index < -0.39 is 0 Å². The number of nitrogens with two attached hydrogens (primary N) is 1. The van der Waals surface area contributed by atoms with Gasteiger partial charge in [-0.05, 0) is 24.2 Å². The molecule has 0 atom stereocenters. The summed E-state index contributed by atoms with van der Waals surface area (Å²) in [5, 5.41) is 4.13. The Morgan fingerprint density at radius 3 is 2.90 bits per heavy atom. The smallest absolute Gasteiger partial charge is 0.184 e. The lowest BCUT2D eigenvalue weighted by atomic mass is 10.1. The topological polar surface area (TPSA) is 59.6 Å². The molecule has 4 nitrogen and oxygen atoms in total. The van der Waals surface area contributed by atoms with Crippen LogP contribution in [-0.2, 0) is 11.3 Å². The number of nitrogens with one attached hydrogen (secondary N) is 1. The number of benzene rings is 1. The molecule has 1 aromatic rings. The van der Waals surface area contributed by atoms with Crippen molar-refractivity contribution >= 4 is 23.5 Å². The summed E-state index contributed by atoms with van der Waals surface area (Å²) >= 11 is 4.69. The third kappa shape index (κ3) is 7.21. The number of unbranched alkanes of at least 4 members (excludes halogenated alkanes) is 3. The quantitative estimate of drug-likeness (QED) is 0.318. The number of hydrogen-bond acceptors (Lipinski definition) is 3. The molecule has 0 bridgehead atoms. The van der Waals surface area contributed by atoms with Gasteiger partial charge in [0.25, 0.3) is 0 Å². The molecule has 0 spiro atoms. The molecule has 3 N–H and O–H groups in total. The van der Waals surface area contributed by atoms with Gasteiger partial charge in [0.05, 0.1) is 12.8 Å². The van der Waals surface area contributed by atoms with Gasteiger partial charge in [0.1, 0.15) is 0 Å². The first-order chi connectivity index (χ1) is 9.74. The highest BCUT2D eigenvalue weighted by molar-refractivity contribution is 7.80. The molecular weight excluding hydrogens is 270 g/mol. The summed E-state index contributed by atoms with van der Waals surface area (Å²) in [6.07, 6.45) is 6.58. The van der Waals surface area contributed by atoms with Crippen molar-refractivity contribution < 1.29 is 4.74 Å². The third-order valence-corrected chi connectivity index (χ3v) is 2.92. The predicted molar refractivity (Wildman–Crippen MR) is 87.8 cm³/mol. The number of nitrogens with zero attached hydrogens (tertiary/aromatic N) is 1. The van der Waals surface area contributed by atoms with E-state index in [1.54, 1.807) is 6.21 Å². The molecule has 0 aromatic heterocycles. The van der Waals surface area contributed by atoms with Crippen molar-refractivity contribution in [2.45, 2.75) is 39.2 Å². The van der Waals surface area contributed by atoms with Gasteiger partial charge >= 0.3 is 0 Å². The Kier molecular flexibility index (Phi) is 8.58. The van der Waals surface area contributed by atoms with Crippen molar-refractivity contribution in [2.24, 2.45) is 10.8 Å². The molecule has 110 valence electrons. The van der Waals surface area contributed by atoms with Crippen LogP contribution in [0.1, 0.15) is 43.7 Å². The maximum atomic E-state index is 5.70. The molecule has 0 saturated carbocycles. The van der Waals surface area contributed by atoms with Gasteiger partial charge in [-0.25, -0.2) is 0 Å². The number of ether oxygens (including phenoxy) is 1. The van der Waals surface area contributed by atoms with Crippen molar-refractivity contribution in [3.05, 3.63) is 35.4 Å². The van der Waals surface area contributed by atoms with E-state index in [2.05, 4.69) is 17.5 Å². The first kappa shape index (κ1) is 16.6. The summed E-state index contributed by atoms with van der Waals surface area (Å²) in [5.41, 5.74) is 9.98. The molecule has 1 rings (SSSR count). The Labute approximate surface area is 126 Å². The van der Waals surface area contributed by atoms with E-state index >= 15 is 0 Å². The average molecular weight is 293 g/mol. The fraction of sp³-hybridized carbons (Fsp3) is 0.467. The van der Waals surface area contributed by atoms with Crippen LogP contribution in [0.5, 0.6) is 0 Å². The summed E-state index contributed by atoms with van der Waals surface area (Å²) < 4.78 is 5.70. The SMILES string of the molecule is CCCCCCOCc1ccccc1C=NNC(N)=S. The molecule has 0 amide bonds. The van der Waals surface area contributed by atoms with Crippen LogP contribution in [0.3, 0.4) is 0 Å². The Morgan fingerprint density at radius 2 is 2.15 bits per heavy atom. The van der Waals surface area contributed by atoms with Gasteiger partial charge in [0.2, 0.25) is 0 Å². The van der Waals surface area contributed by atoms with Crippen molar-refractivity contribution in [1.82, 2.24) is 5.43 Å². The molecule has 0 aliphatic carbocycles. The van der Waals surface area contributed by atoms with Gasteiger partial charge in [0, 0.05) is 12.2 Å². The van der Waals surface area contributed by atoms with E-state index in [1.165, 1.54) is 19.3 Å². The van der Waals surface area contributed by atoms with Gasteiger partial charge in [-0.3, -0.25) is 5.43 Å². The Balaban J connectivity index is 2.41. The second-order valence-electron chi connectivity index (χ2n) is 4.55. The third-order valence-electron chi connectivity index (χ3n) is 2.83. The lowest BCUT2D eigenvalue weighted by molar-refractivity contribution is 0.116. The van der Waals surface area contributed by atoms with Gasteiger partial charge < -0.3 is 10.5 Å². The average Bonchev–Trinajstić information content (AvgIpc) is 2.44. The van der Waals surface area contributed by atoms with Crippen LogP contribution in [-0.4, -0.2) is 17.9 Å². The number of thiocarbonyl (C=S) groups is 1. The zero-order chi connectivity index (χ0) is 14.6. The van der Waals surface area contributed by atoms with Crippen molar-refractivity contribution in [3.63, 3.8) is 0 Å². The first-order valence-electron chi connectivity index (χ1n) is 6.98. The van der Waals surface area contributed by atoms with Gasteiger partial charge in [-0.2, -0.15) is 5.10 Å². The first-order valence-corrected chi connectivity index (χ1v) is 7.39. The molecule has 0 unspecified atom stereocenters. The largest absolute Gasteiger partial charge is 0.377 e. The van der Waals surface area contributed by atoms with E-state index in [0.717, 1.165) is 24.2 Å². The normalized spacial score (nSPS) is 10.8. The maximum absolute atomic E-state index is 5.70. The van der Waals surface area contributed by atoms with Crippen LogP contribution in [0.25, 0.3) is 0 Å². The summed E-state index contributed by atoms with van der Waals surface area (Å²) in [6, 6.07) is 7.98. The number of hydrazone groups is 1. The van der Waals surface area contributed by atoms with Gasteiger partial charge in [-0.1, -0.05) is 50.5 Å². The highest BCUT2D eigenvalue weighted by Gasteiger charge is 1.99. The maximum Gasteiger partial charge on any atom is 0.184 e.